The van der Waals surface area contributed by atoms with Crippen molar-refractivity contribution >= 4 is 17.5 Å². The molecule has 0 fully saturated rings. The van der Waals surface area contributed by atoms with E-state index in [4.69, 9.17) is 4.74 Å². The van der Waals surface area contributed by atoms with Crippen LogP contribution in [0.4, 0.5) is 0 Å². The first kappa shape index (κ1) is 17.8. The van der Waals surface area contributed by atoms with Gasteiger partial charge < -0.3 is 4.74 Å². The molecule has 0 heterocycles. The van der Waals surface area contributed by atoms with Crippen molar-refractivity contribution in [1.29, 1.82) is 0 Å². The zero-order valence-corrected chi connectivity index (χ0v) is 15.6. The highest BCUT2D eigenvalue weighted by atomic mass is 16.5. The summed E-state index contributed by atoms with van der Waals surface area (Å²) >= 11 is 0. The molecule has 3 aliphatic rings. The normalized spacial score (nSPS) is 32.1. The van der Waals surface area contributed by atoms with E-state index >= 15 is 0 Å². The number of Topliss-reactive ketones (excluding diaryl/α,β-unsaturated/α-hetero) is 1. The minimum Gasteiger partial charge on any atom is -0.466 e. The Labute approximate surface area is 149 Å². The van der Waals surface area contributed by atoms with Gasteiger partial charge in [-0.25, -0.2) is 4.79 Å². The summed E-state index contributed by atoms with van der Waals surface area (Å²) in [6, 6.07) is 0. The molecule has 4 heteroatoms. The molecule has 0 spiro atoms. The summed E-state index contributed by atoms with van der Waals surface area (Å²) in [4.78, 5) is 37.5. The van der Waals surface area contributed by atoms with E-state index in [0.717, 1.165) is 11.1 Å². The third kappa shape index (κ3) is 2.62. The van der Waals surface area contributed by atoms with Gasteiger partial charge in [0, 0.05) is 23.3 Å². The average molecular weight is 342 g/mol. The molecule has 0 N–H and O–H groups in total. The predicted octanol–water partition coefficient (Wildman–Crippen LogP) is 3.57. The van der Waals surface area contributed by atoms with E-state index in [9.17, 15) is 14.4 Å². The van der Waals surface area contributed by atoms with E-state index in [2.05, 4.69) is 13.8 Å². The first-order chi connectivity index (χ1) is 11.7. The number of rotatable bonds is 2. The average Bonchev–Trinajstić information content (AvgIpc) is 2.95. The standard InChI is InChI=1S/C21H26O4/c1-11(2)14-9-19(23)21(4)10-16-12(3)18(22)8-15(16)13(20(24)25-5)6-7-17(14)21/h6,9,11,15,17H,7-8,10H2,1-5H3/t15-,17-,21-/m1/s1. The van der Waals surface area contributed by atoms with Crippen LogP contribution in [0.5, 0.6) is 0 Å². The summed E-state index contributed by atoms with van der Waals surface area (Å²) in [7, 11) is 1.37. The van der Waals surface area contributed by atoms with Gasteiger partial charge in [-0.2, -0.15) is 0 Å². The van der Waals surface area contributed by atoms with Crippen LogP contribution in [0.3, 0.4) is 0 Å². The minimum absolute atomic E-state index is 0.0663. The van der Waals surface area contributed by atoms with Crippen LogP contribution in [0.15, 0.2) is 34.4 Å². The third-order valence-corrected chi connectivity index (χ3v) is 6.34. The monoisotopic (exact) mass is 342 g/mol. The summed E-state index contributed by atoms with van der Waals surface area (Å²) in [5, 5.41) is 0. The fraction of sp³-hybridized carbons (Fsp3) is 0.571. The Morgan fingerprint density at radius 2 is 2.00 bits per heavy atom. The van der Waals surface area contributed by atoms with Crippen LogP contribution < -0.4 is 0 Å². The van der Waals surface area contributed by atoms with Crippen molar-refractivity contribution in [2.45, 2.75) is 47.0 Å². The molecule has 3 atom stereocenters. The molecule has 25 heavy (non-hydrogen) atoms. The molecule has 0 aliphatic heterocycles. The van der Waals surface area contributed by atoms with Gasteiger partial charge >= 0.3 is 5.97 Å². The Balaban J connectivity index is 2.14. The molecule has 0 aromatic carbocycles. The Morgan fingerprint density at radius 3 is 2.60 bits per heavy atom. The van der Waals surface area contributed by atoms with Crippen molar-refractivity contribution in [3.8, 4) is 0 Å². The molecular weight excluding hydrogens is 316 g/mol. The molecular formula is C21H26O4. The highest BCUT2D eigenvalue weighted by molar-refractivity contribution is 6.03. The van der Waals surface area contributed by atoms with Gasteiger partial charge in [-0.05, 0) is 43.3 Å². The van der Waals surface area contributed by atoms with E-state index < -0.39 is 5.41 Å². The van der Waals surface area contributed by atoms with Crippen LogP contribution >= 0.6 is 0 Å². The number of ether oxygens (including phenoxy) is 1. The third-order valence-electron chi connectivity index (χ3n) is 6.34. The number of hydrogen-bond acceptors (Lipinski definition) is 4. The second-order valence-electron chi connectivity index (χ2n) is 8.03. The molecule has 3 aliphatic carbocycles. The van der Waals surface area contributed by atoms with Crippen LogP contribution in [0, 0.1) is 23.2 Å². The molecule has 4 nitrogen and oxygen atoms in total. The van der Waals surface area contributed by atoms with Gasteiger partial charge in [-0.3, -0.25) is 9.59 Å². The number of carbonyl (C=O) groups excluding carboxylic acids is 3. The fourth-order valence-corrected chi connectivity index (χ4v) is 4.71. The molecule has 0 bridgehead atoms. The van der Waals surface area contributed by atoms with Crippen LogP contribution in [-0.4, -0.2) is 24.6 Å². The lowest BCUT2D eigenvalue weighted by atomic mass is 9.65. The highest BCUT2D eigenvalue weighted by Crippen LogP contribution is 2.53. The number of fused-ring (bicyclic) bond motifs is 2. The van der Waals surface area contributed by atoms with Gasteiger partial charge in [0.2, 0.25) is 0 Å². The highest BCUT2D eigenvalue weighted by Gasteiger charge is 2.50. The van der Waals surface area contributed by atoms with Crippen molar-refractivity contribution in [2.24, 2.45) is 23.2 Å². The Hall–Kier alpha value is -1.97. The minimum atomic E-state index is -0.531. The molecule has 134 valence electrons. The van der Waals surface area contributed by atoms with E-state index in [1.165, 1.54) is 7.11 Å². The van der Waals surface area contributed by atoms with Gasteiger partial charge in [0.1, 0.15) is 0 Å². The maximum atomic E-state index is 12.9. The number of hydrogen-bond donors (Lipinski definition) is 0. The Bertz CT molecular complexity index is 750. The number of methoxy groups -OCH3 is 1. The summed E-state index contributed by atoms with van der Waals surface area (Å²) < 4.78 is 4.97. The number of allylic oxidation sites excluding steroid dienone is 5. The quantitative estimate of drug-likeness (QED) is 0.720. The van der Waals surface area contributed by atoms with E-state index in [-0.39, 0.29) is 35.3 Å². The van der Waals surface area contributed by atoms with Crippen molar-refractivity contribution in [3.05, 3.63) is 34.4 Å². The summed E-state index contributed by atoms with van der Waals surface area (Å²) in [6.45, 7) is 8.04. The lowest BCUT2D eigenvalue weighted by molar-refractivity contribution is -0.136. The zero-order valence-electron chi connectivity index (χ0n) is 15.6. The predicted molar refractivity (Wildman–Crippen MR) is 94.7 cm³/mol. The summed E-state index contributed by atoms with van der Waals surface area (Å²) in [5.41, 5.74) is 2.85. The smallest absolute Gasteiger partial charge is 0.334 e. The molecule has 0 radical (unpaired) electrons. The lowest BCUT2D eigenvalue weighted by Gasteiger charge is -2.36. The number of carbonyl (C=O) groups is 3. The van der Waals surface area contributed by atoms with Crippen molar-refractivity contribution in [2.75, 3.05) is 7.11 Å². The first-order valence-corrected chi connectivity index (χ1v) is 8.97. The summed E-state index contributed by atoms with van der Waals surface area (Å²) in [6.07, 6.45) is 5.20. The first-order valence-electron chi connectivity index (χ1n) is 8.97. The Kier molecular flexibility index (Phi) is 4.34. The second-order valence-corrected chi connectivity index (χ2v) is 8.03. The lowest BCUT2D eigenvalue weighted by Crippen LogP contribution is -2.34. The fourth-order valence-electron chi connectivity index (χ4n) is 4.71. The van der Waals surface area contributed by atoms with Gasteiger partial charge in [-0.15, -0.1) is 0 Å². The molecule has 0 unspecified atom stereocenters. The maximum Gasteiger partial charge on any atom is 0.334 e. The molecule has 0 amide bonds. The zero-order chi connectivity index (χ0) is 18.5. The second kappa shape index (κ2) is 6.08. The van der Waals surface area contributed by atoms with Crippen molar-refractivity contribution in [1.82, 2.24) is 0 Å². The van der Waals surface area contributed by atoms with Crippen LogP contribution in [0.1, 0.15) is 47.0 Å². The SMILES string of the molecule is COC(=O)C1=CC[C@@H]2C(C(C)C)=CC(=O)[C@]2(C)CC2=C(C)C(=O)C[C@H]12. The molecule has 0 aromatic heterocycles. The van der Waals surface area contributed by atoms with Gasteiger partial charge in [0.15, 0.2) is 11.6 Å². The Morgan fingerprint density at radius 1 is 1.32 bits per heavy atom. The van der Waals surface area contributed by atoms with Crippen LogP contribution in [-0.2, 0) is 19.1 Å². The van der Waals surface area contributed by atoms with Gasteiger partial charge in [0.25, 0.3) is 0 Å². The van der Waals surface area contributed by atoms with Gasteiger partial charge in [0.05, 0.1) is 7.11 Å². The van der Waals surface area contributed by atoms with E-state index in [1.807, 2.05) is 19.9 Å². The van der Waals surface area contributed by atoms with Gasteiger partial charge in [-0.1, -0.05) is 38.0 Å². The summed E-state index contributed by atoms with van der Waals surface area (Å²) in [5.74, 6) is -0.0478. The molecule has 0 aromatic rings. The maximum absolute atomic E-state index is 12.9. The number of esters is 1. The van der Waals surface area contributed by atoms with Crippen molar-refractivity contribution < 1.29 is 19.1 Å². The largest absolute Gasteiger partial charge is 0.466 e. The van der Waals surface area contributed by atoms with Crippen molar-refractivity contribution in [3.63, 3.8) is 0 Å². The van der Waals surface area contributed by atoms with Crippen LogP contribution in [0.25, 0.3) is 0 Å². The topological polar surface area (TPSA) is 60.4 Å². The molecule has 0 saturated carbocycles. The molecule has 0 saturated heterocycles. The number of ketones is 2. The van der Waals surface area contributed by atoms with E-state index in [0.29, 0.717) is 30.4 Å². The van der Waals surface area contributed by atoms with Crippen LogP contribution in [0.2, 0.25) is 0 Å². The van der Waals surface area contributed by atoms with E-state index in [1.54, 1.807) is 6.08 Å². The molecule has 3 rings (SSSR count).